The number of benzene rings is 1. The fourth-order valence-electron chi connectivity index (χ4n) is 3.11. The Labute approximate surface area is 157 Å². The third-order valence-electron chi connectivity index (χ3n) is 5.10. The van der Waals surface area contributed by atoms with Crippen molar-refractivity contribution >= 4 is 5.96 Å². The molecular weight excluding hydrogens is 331 g/mol. The van der Waals surface area contributed by atoms with E-state index in [9.17, 15) is 4.39 Å². The van der Waals surface area contributed by atoms with Crippen LogP contribution >= 0.6 is 0 Å². The average molecular weight is 365 g/mol. The van der Waals surface area contributed by atoms with E-state index in [1.165, 1.54) is 12.1 Å². The third kappa shape index (κ3) is 5.68. The first kappa shape index (κ1) is 20.6. The zero-order chi connectivity index (χ0) is 19.2. The maximum atomic E-state index is 13.2. The lowest BCUT2D eigenvalue weighted by atomic mass is 9.84. The van der Waals surface area contributed by atoms with Crippen LogP contribution in [0.4, 0.5) is 4.39 Å². The second kappa shape index (κ2) is 8.82. The summed E-state index contributed by atoms with van der Waals surface area (Å²) < 4.78 is 18.6. The van der Waals surface area contributed by atoms with Crippen LogP contribution in [-0.2, 0) is 10.2 Å². The zero-order valence-electron chi connectivity index (χ0n) is 16.7. The van der Waals surface area contributed by atoms with E-state index in [0.29, 0.717) is 6.54 Å². The lowest BCUT2D eigenvalue weighted by molar-refractivity contribution is -0.00834. The number of rotatable bonds is 6. The fraction of sp³-hybridized carbons (Fsp3) is 0.650. The maximum Gasteiger partial charge on any atom is 0.191 e. The van der Waals surface area contributed by atoms with Crippen LogP contribution in [0.25, 0.3) is 0 Å². The summed E-state index contributed by atoms with van der Waals surface area (Å²) in [6, 6.07) is 6.70. The normalized spacial score (nSPS) is 17.2. The molecule has 0 radical (unpaired) electrons. The molecule has 0 aromatic heterocycles. The third-order valence-corrected chi connectivity index (χ3v) is 5.10. The van der Waals surface area contributed by atoms with Crippen molar-refractivity contribution in [1.29, 1.82) is 0 Å². The van der Waals surface area contributed by atoms with Crippen LogP contribution in [0.1, 0.15) is 33.3 Å². The highest BCUT2D eigenvalue weighted by Crippen LogP contribution is 2.22. The summed E-state index contributed by atoms with van der Waals surface area (Å²) in [6.07, 6.45) is 0. The predicted molar refractivity (Wildman–Crippen MR) is 105 cm³/mol. The van der Waals surface area contributed by atoms with Crippen LogP contribution in [-0.4, -0.2) is 62.8 Å². The standard InChI is InChI=1S/C20H33FN4O/c1-19(2,16-6-8-17(21)9-7-16)14-23-18(22-5)24-15-20(3,4)25-10-12-26-13-11-25/h6-9H,10-15H2,1-5H3,(H2,22,23,24). The zero-order valence-corrected chi connectivity index (χ0v) is 16.7. The van der Waals surface area contributed by atoms with Gasteiger partial charge in [-0.25, -0.2) is 4.39 Å². The maximum absolute atomic E-state index is 13.2. The number of nitrogens with zero attached hydrogens (tertiary/aromatic N) is 2. The van der Waals surface area contributed by atoms with Crippen molar-refractivity contribution in [2.75, 3.05) is 46.4 Å². The van der Waals surface area contributed by atoms with Gasteiger partial charge in [0.25, 0.3) is 0 Å². The van der Waals surface area contributed by atoms with Gasteiger partial charge in [0.1, 0.15) is 5.82 Å². The van der Waals surface area contributed by atoms with Crippen molar-refractivity contribution in [3.05, 3.63) is 35.6 Å². The molecule has 2 rings (SSSR count). The fourth-order valence-corrected chi connectivity index (χ4v) is 3.11. The highest BCUT2D eigenvalue weighted by molar-refractivity contribution is 5.79. The van der Waals surface area contributed by atoms with E-state index < -0.39 is 0 Å². The number of aliphatic imine (C=N–C) groups is 1. The Morgan fingerprint density at radius 1 is 1.08 bits per heavy atom. The number of morpholine rings is 1. The molecule has 146 valence electrons. The molecule has 1 heterocycles. The molecule has 0 spiro atoms. The highest BCUT2D eigenvalue weighted by Gasteiger charge is 2.28. The average Bonchev–Trinajstić information content (AvgIpc) is 2.63. The first-order chi connectivity index (χ1) is 12.2. The van der Waals surface area contributed by atoms with E-state index in [0.717, 1.165) is 44.4 Å². The molecule has 0 saturated carbocycles. The first-order valence-electron chi connectivity index (χ1n) is 9.28. The van der Waals surface area contributed by atoms with Crippen LogP contribution in [0.2, 0.25) is 0 Å². The Morgan fingerprint density at radius 3 is 2.23 bits per heavy atom. The number of hydrogen-bond donors (Lipinski definition) is 2. The van der Waals surface area contributed by atoms with Crippen LogP contribution in [0.15, 0.2) is 29.3 Å². The van der Waals surface area contributed by atoms with Gasteiger partial charge in [-0.05, 0) is 31.5 Å². The van der Waals surface area contributed by atoms with Gasteiger partial charge >= 0.3 is 0 Å². The van der Waals surface area contributed by atoms with Gasteiger partial charge in [-0.1, -0.05) is 26.0 Å². The van der Waals surface area contributed by atoms with Crippen molar-refractivity contribution in [3.63, 3.8) is 0 Å². The summed E-state index contributed by atoms with van der Waals surface area (Å²) >= 11 is 0. The molecule has 1 aromatic rings. The number of halogens is 1. The summed E-state index contributed by atoms with van der Waals surface area (Å²) in [7, 11) is 1.78. The van der Waals surface area contributed by atoms with Gasteiger partial charge in [-0.15, -0.1) is 0 Å². The monoisotopic (exact) mass is 364 g/mol. The SMILES string of the molecule is CN=C(NCC(C)(C)c1ccc(F)cc1)NCC(C)(C)N1CCOCC1. The van der Waals surface area contributed by atoms with E-state index in [4.69, 9.17) is 4.74 Å². The molecule has 1 aromatic carbocycles. The van der Waals surface area contributed by atoms with E-state index in [1.54, 1.807) is 7.05 Å². The van der Waals surface area contributed by atoms with Gasteiger partial charge in [-0.3, -0.25) is 9.89 Å². The van der Waals surface area contributed by atoms with Crippen molar-refractivity contribution in [1.82, 2.24) is 15.5 Å². The van der Waals surface area contributed by atoms with E-state index in [-0.39, 0.29) is 16.8 Å². The molecule has 1 aliphatic heterocycles. The quantitative estimate of drug-likeness (QED) is 0.601. The van der Waals surface area contributed by atoms with Crippen molar-refractivity contribution in [2.24, 2.45) is 4.99 Å². The highest BCUT2D eigenvalue weighted by atomic mass is 19.1. The second-order valence-electron chi connectivity index (χ2n) is 8.08. The minimum Gasteiger partial charge on any atom is -0.379 e. The molecule has 0 amide bonds. The van der Waals surface area contributed by atoms with Gasteiger partial charge in [-0.2, -0.15) is 0 Å². The van der Waals surface area contributed by atoms with Crippen molar-refractivity contribution < 1.29 is 9.13 Å². The molecular formula is C20H33FN4O. The van der Waals surface area contributed by atoms with Crippen LogP contribution in [0.3, 0.4) is 0 Å². The predicted octanol–water partition coefficient (Wildman–Crippen LogP) is 2.38. The summed E-state index contributed by atoms with van der Waals surface area (Å²) in [5, 5.41) is 6.84. The molecule has 1 saturated heterocycles. The minimum atomic E-state index is -0.208. The van der Waals surface area contributed by atoms with Crippen LogP contribution in [0.5, 0.6) is 0 Å². The topological polar surface area (TPSA) is 48.9 Å². The molecule has 26 heavy (non-hydrogen) atoms. The Balaban J connectivity index is 1.87. The number of guanidine groups is 1. The first-order valence-corrected chi connectivity index (χ1v) is 9.28. The van der Waals surface area contributed by atoms with E-state index >= 15 is 0 Å². The molecule has 1 aliphatic rings. The smallest absolute Gasteiger partial charge is 0.191 e. The Morgan fingerprint density at radius 2 is 1.65 bits per heavy atom. The van der Waals surface area contributed by atoms with E-state index in [1.807, 2.05) is 12.1 Å². The molecule has 1 fully saturated rings. The number of nitrogens with one attached hydrogen (secondary N) is 2. The lowest BCUT2D eigenvalue weighted by Crippen LogP contribution is -2.57. The summed E-state index contributed by atoms with van der Waals surface area (Å²) in [5.41, 5.74) is 0.981. The Hall–Kier alpha value is -1.66. The number of hydrogen-bond acceptors (Lipinski definition) is 3. The second-order valence-corrected chi connectivity index (χ2v) is 8.08. The molecule has 6 heteroatoms. The molecule has 5 nitrogen and oxygen atoms in total. The van der Waals surface area contributed by atoms with Crippen molar-refractivity contribution in [3.8, 4) is 0 Å². The summed E-state index contributed by atoms with van der Waals surface area (Å²) in [5.74, 6) is 0.571. The Bertz CT molecular complexity index is 592. The molecule has 0 atom stereocenters. The van der Waals surface area contributed by atoms with Crippen molar-refractivity contribution in [2.45, 2.75) is 38.6 Å². The van der Waals surface area contributed by atoms with E-state index in [2.05, 4.69) is 48.2 Å². The van der Waals surface area contributed by atoms with Gasteiger partial charge < -0.3 is 15.4 Å². The molecule has 0 bridgehead atoms. The van der Waals surface area contributed by atoms with Crippen LogP contribution in [0, 0.1) is 5.82 Å². The van der Waals surface area contributed by atoms with Gasteiger partial charge in [0.2, 0.25) is 0 Å². The van der Waals surface area contributed by atoms with Gasteiger partial charge in [0.05, 0.1) is 13.2 Å². The largest absolute Gasteiger partial charge is 0.379 e. The molecule has 0 aliphatic carbocycles. The lowest BCUT2D eigenvalue weighted by Gasteiger charge is -2.41. The molecule has 2 N–H and O–H groups in total. The summed E-state index contributed by atoms with van der Waals surface area (Å²) in [4.78, 5) is 6.78. The minimum absolute atomic E-state index is 0.0217. The Kier molecular flexibility index (Phi) is 7.01. The van der Waals surface area contributed by atoms with Gasteiger partial charge in [0.15, 0.2) is 5.96 Å². The molecule has 0 unspecified atom stereocenters. The van der Waals surface area contributed by atoms with Gasteiger partial charge in [0, 0.05) is 44.2 Å². The van der Waals surface area contributed by atoms with Crippen LogP contribution < -0.4 is 10.6 Å². The summed E-state index contributed by atoms with van der Waals surface area (Å²) in [6.45, 7) is 13.7. The number of ether oxygens (including phenoxy) is 1.